The van der Waals surface area contributed by atoms with Crippen LogP contribution in [-0.4, -0.2) is 96.8 Å². The second-order valence-corrected chi connectivity index (χ2v) is 13.4. The van der Waals surface area contributed by atoms with Crippen LogP contribution in [-0.2, 0) is 4.74 Å². The van der Waals surface area contributed by atoms with Crippen LogP contribution < -0.4 is 11.4 Å². The van der Waals surface area contributed by atoms with Gasteiger partial charge in [-0.05, 0) is 70.7 Å². The number of benzene rings is 1. The second kappa shape index (κ2) is 11.0. The van der Waals surface area contributed by atoms with Gasteiger partial charge in [-0.25, -0.2) is 19.6 Å². The molecule has 12 heteroatoms. The van der Waals surface area contributed by atoms with Gasteiger partial charge in [-0.3, -0.25) is 14.0 Å². The zero-order chi connectivity index (χ0) is 28.9. The number of rotatable bonds is 4. The lowest BCUT2D eigenvalue weighted by Crippen LogP contribution is -2.63. The van der Waals surface area contributed by atoms with Crippen molar-refractivity contribution in [2.75, 3.05) is 45.0 Å². The number of carbonyl (C=O) groups excluding carboxylic acids is 1. The van der Waals surface area contributed by atoms with Crippen LogP contribution in [0.25, 0.3) is 16.9 Å². The van der Waals surface area contributed by atoms with Gasteiger partial charge in [0.05, 0.1) is 5.69 Å². The van der Waals surface area contributed by atoms with Crippen molar-refractivity contribution in [2.24, 2.45) is 0 Å². The summed E-state index contributed by atoms with van der Waals surface area (Å²) in [5.74, 6) is 0.304. The third-order valence-corrected chi connectivity index (χ3v) is 9.20. The first kappa shape index (κ1) is 28.2. The molecule has 220 valence electrons. The lowest BCUT2D eigenvalue weighted by atomic mass is 9.95. The number of halogens is 1. The normalized spacial score (nSPS) is 20.4. The Labute approximate surface area is 248 Å². The maximum Gasteiger partial charge on any atom is 0.410 e. The molecule has 0 saturated carbocycles. The molecule has 0 spiro atoms. The van der Waals surface area contributed by atoms with Gasteiger partial charge in [0, 0.05) is 61.9 Å². The molecule has 3 fully saturated rings. The van der Waals surface area contributed by atoms with Crippen molar-refractivity contribution in [3.05, 3.63) is 45.5 Å². The van der Waals surface area contributed by atoms with Crippen molar-refractivity contribution < 1.29 is 9.53 Å². The predicted octanol–water partition coefficient (Wildman–Crippen LogP) is 3.65. The number of piperidine rings is 2. The Morgan fingerprint density at radius 1 is 0.927 bits per heavy atom. The number of likely N-dealkylation sites (tertiary alicyclic amines) is 3. The van der Waals surface area contributed by atoms with Crippen LogP contribution in [0.5, 0.6) is 0 Å². The van der Waals surface area contributed by atoms with Gasteiger partial charge in [0.2, 0.25) is 0 Å². The number of carbonyl (C=O) groups is 1. The van der Waals surface area contributed by atoms with Crippen LogP contribution in [0.3, 0.4) is 0 Å². The van der Waals surface area contributed by atoms with Gasteiger partial charge in [-0.15, -0.1) is 0 Å². The van der Waals surface area contributed by atoms with E-state index in [0.717, 1.165) is 75.1 Å². The molecular formula is C29H39BrN8O3. The highest BCUT2D eigenvalue weighted by Gasteiger charge is 2.39. The molecule has 3 saturated heterocycles. The number of ether oxygens (including phenoxy) is 1. The average molecular weight is 628 g/mol. The first-order valence-corrected chi connectivity index (χ1v) is 15.3. The molecule has 3 aliphatic heterocycles. The maximum absolute atomic E-state index is 13.8. The summed E-state index contributed by atoms with van der Waals surface area (Å²) in [6, 6.07) is 8.66. The van der Waals surface area contributed by atoms with Crippen molar-refractivity contribution in [1.82, 2.24) is 33.8 Å². The summed E-state index contributed by atoms with van der Waals surface area (Å²) >= 11 is 3.47. The number of hydrogen-bond donors (Lipinski definition) is 1. The Morgan fingerprint density at radius 2 is 1.51 bits per heavy atom. The van der Waals surface area contributed by atoms with Crippen LogP contribution in [0.2, 0.25) is 0 Å². The number of imidazole rings is 1. The minimum absolute atomic E-state index is 0.0566. The second-order valence-electron chi connectivity index (χ2n) is 12.5. The standard InChI is InChI=1S/C29H39BrN8O3/c1-29(2,3)41-28(40)36-16-23(17-36)35-12-8-20(9-13-35)34-14-10-22(11-15-34)38-26-24(25(31)32-18-33-26)37(27(38)39)21-6-4-19(30)5-7-21/h4-7,18,20,22-23H,8-17H2,1-3H3,(H2,31,32,33). The molecule has 6 rings (SSSR count). The Balaban J connectivity index is 1.07. The number of nitrogens with zero attached hydrogens (tertiary/aromatic N) is 7. The monoisotopic (exact) mass is 626 g/mol. The highest BCUT2D eigenvalue weighted by Crippen LogP contribution is 2.31. The fraction of sp³-hybridized carbons (Fsp3) is 0.586. The Kier molecular flexibility index (Phi) is 7.58. The summed E-state index contributed by atoms with van der Waals surface area (Å²) in [5.41, 5.74) is 7.60. The smallest absolute Gasteiger partial charge is 0.410 e. The number of aromatic nitrogens is 4. The molecule has 0 bridgehead atoms. The molecule has 11 nitrogen and oxygen atoms in total. The molecule has 0 atom stereocenters. The Hall–Kier alpha value is -2.96. The van der Waals surface area contributed by atoms with E-state index >= 15 is 0 Å². The van der Waals surface area contributed by atoms with E-state index in [1.807, 2.05) is 49.6 Å². The number of hydrogen-bond acceptors (Lipinski definition) is 8. The molecular weight excluding hydrogens is 588 g/mol. The lowest BCUT2D eigenvalue weighted by molar-refractivity contribution is -0.0258. The summed E-state index contributed by atoms with van der Waals surface area (Å²) in [4.78, 5) is 41.7. The molecule has 0 aliphatic carbocycles. The van der Waals surface area contributed by atoms with Crippen LogP contribution in [0.15, 0.2) is 39.9 Å². The Bertz CT molecular complexity index is 1460. The fourth-order valence-electron chi connectivity index (χ4n) is 6.51. The van der Waals surface area contributed by atoms with Crippen molar-refractivity contribution >= 4 is 39.0 Å². The van der Waals surface area contributed by atoms with E-state index in [4.69, 9.17) is 10.5 Å². The molecule has 2 aromatic heterocycles. The molecule has 2 N–H and O–H groups in total. The van der Waals surface area contributed by atoms with E-state index < -0.39 is 5.60 Å². The van der Waals surface area contributed by atoms with Gasteiger partial charge in [-0.2, -0.15) is 0 Å². The first-order chi connectivity index (χ1) is 19.6. The molecule has 41 heavy (non-hydrogen) atoms. The number of nitrogens with two attached hydrogens (primary N) is 1. The van der Waals surface area contributed by atoms with Gasteiger partial charge in [0.15, 0.2) is 11.5 Å². The van der Waals surface area contributed by atoms with Crippen LogP contribution >= 0.6 is 15.9 Å². The third-order valence-electron chi connectivity index (χ3n) is 8.68. The van der Waals surface area contributed by atoms with Crippen molar-refractivity contribution in [3.63, 3.8) is 0 Å². The number of fused-ring (bicyclic) bond motifs is 1. The van der Waals surface area contributed by atoms with E-state index in [1.54, 1.807) is 9.47 Å². The van der Waals surface area contributed by atoms with E-state index in [-0.39, 0.29) is 17.8 Å². The fourth-order valence-corrected chi connectivity index (χ4v) is 6.78. The summed E-state index contributed by atoms with van der Waals surface area (Å²) in [5, 5.41) is 0. The summed E-state index contributed by atoms with van der Waals surface area (Å²) in [6.07, 6.45) is 5.26. The van der Waals surface area contributed by atoms with Gasteiger partial charge in [-0.1, -0.05) is 15.9 Å². The first-order valence-electron chi connectivity index (χ1n) is 14.5. The molecule has 0 unspecified atom stereocenters. The van der Waals surface area contributed by atoms with E-state index in [0.29, 0.717) is 29.1 Å². The molecule has 3 aliphatic rings. The van der Waals surface area contributed by atoms with Gasteiger partial charge in [0.25, 0.3) is 0 Å². The average Bonchev–Trinajstić information content (AvgIpc) is 3.21. The van der Waals surface area contributed by atoms with Crippen LogP contribution in [0.4, 0.5) is 10.6 Å². The highest BCUT2D eigenvalue weighted by atomic mass is 79.9. The zero-order valence-corrected chi connectivity index (χ0v) is 25.6. The third kappa shape index (κ3) is 5.61. The van der Waals surface area contributed by atoms with Crippen molar-refractivity contribution in [3.8, 4) is 5.69 Å². The predicted molar refractivity (Wildman–Crippen MR) is 161 cm³/mol. The molecule has 1 aromatic carbocycles. The topological polar surface area (TPSA) is 115 Å². The van der Waals surface area contributed by atoms with Crippen molar-refractivity contribution in [1.29, 1.82) is 0 Å². The van der Waals surface area contributed by atoms with Gasteiger partial charge < -0.3 is 20.3 Å². The minimum atomic E-state index is -0.459. The number of anilines is 1. The lowest BCUT2D eigenvalue weighted by Gasteiger charge is -2.49. The van der Waals surface area contributed by atoms with Gasteiger partial charge >= 0.3 is 11.8 Å². The zero-order valence-electron chi connectivity index (χ0n) is 24.0. The largest absolute Gasteiger partial charge is 0.444 e. The molecule has 5 heterocycles. The maximum atomic E-state index is 13.8. The summed E-state index contributed by atoms with van der Waals surface area (Å²) < 4.78 is 9.92. The van der Waals surface area contributed by atoms with Crippen LogP contribution in [0, 0.1) is 0 Å². The molecule has 1 amide bonds. The Morgan fingerprint density at radius 3 is 2.12 bits per heavy atom. The quantitative estimate of drug-likeness (QED) is 0.467. The highest BCUT2D eigenvalue weighted by molar-refractivity contribution is 9.10. The van der Waals surface area contributed by atoms with Gasteiger partial charge in [0.1, 0.15) is 17.4 Å². The molecule has 3 aromatic rings. The van der Waals surface area contributed by atoms with E-state index in [1.165, 1.54) is 6.33 Å². The number of nitrogen functional groups attached to an aromatic ring is 1. The summed E-state index contributed by atoms with van der Waals surface area (Å²) in [6.45, 7) is 11.2. The SMILES string of the molecule is CC(C)(C)OC(=O)N1CC(N2CCC(N3CCC(n4c(=O)n(-c5ccc(Br)cc5)c5c(N)ncnc54)CC3)CC2)C1. The van der Waals surface area contributed by atoms with E-state index in [9.17, 15) is 9.59 Å². The molecule has 0 radical (unpaired) electrons. The number of amides is 1. The minimum Gasteiger partial charge on any atom is -0.444 e. The summed E-state index contributed by atoms with van der Waals surface area (Å²) in [7, 11) is 0. The van der Waals surface area contributed by atoms with Crippen LogP contribution in [0.1, 0.15) is 52.5 Å². The van der Waals surface area contributed by atoms with Crippen molar-refractivity contribution in [2.45, 2.75) is 70.2 Å². The van der Waals surface area contributed by atoms with E-state index in [2.05, 4.69) is 35.7 Å².